The molecule has 6 nitrogen and oxygen atoms in total. The van der Waals surface area contributed by atoms with Gasteiger partial charge in [0, 0.05) is 25.9 Å². The largest absolute Gasteiger partial charge is 0.497 e. The monoisotopic (exact) mass is 412 g/mol. The maximum Gasteiger partial charge on any atom is 0.274 e. The number of hydrogen-bond donors (Lipinski definition) is 0. The van der Waals surface area contributed by atoms with Crippen LogP contribution in [-0.4, -0.2) is 48.7 Å². The van der Waals surface area contributed by atoms with Gasteiger partial charge in [-0.25, -0.2) is 4.98 Å². The van der Waals surface area contributed by atoms with Crippen LogP contribution in [0, 0.1) is 0 Å². The summed E-state index contributed by atoms with van der Waals surface area (Å²) < 4.78 is 18.0. The number of hydrogen-bond acceptors (Lipinski definition) is 6. The van der Waals surface area contributed by atoms with E-state index in [4.69, 9.17) is 14.2 Å². The number of benzene rings is 2. The van der Waals surface area contributed by atoms with Crippen LogP contribution in [0.4, 0.5) is 0 Å². The Balaban J connectivity index is 1.38. The molecule has 0 atom stereocenters. The zero-order chi connectivity index (χ0) is 20.2. The number of rotatable bonds is 6. The number of piperidine rings is 1. The summed E-state index contributed by atoms with van der Waals surface area (Å²) in [6, 6.07) is 13.2. The second-order valence-electron chi connectivity index (χ2n) is 6.85. The molecule has 4 rings (SSSR count). The minimum atomic E-state index is 0.0135. The van der Waals surface area contributed by atoms with Gasteiger partial charge in [-0.15, -0.1) is 0 Å². The number of likely N-dealkylation sites (tertiary alicyclic amines) is 1. The predicted molar refractivity (Wildman–Crippen MR) is 113 cm³/mol. The first-order valence-electron chi connectivity index (χ1n) is 9.80. The lowest BCUT2D eigenvalue weighted by molar-refractivity contribution is 0.0592. The predicted octanol–water partition coefficient (Wildman–Crippen LogP) is 4.39. The van der Waals surface area contributed by atoms with E-state index in [0.29, 0.717) is 36.2 Å². The van der Waals surface area contributed by atoms with Crippen molar-refractivity contribution in [3.63, 3.8) is 0 Å². The van der Waals surface area contributed by atoms with Crippen molar-refractivity contribution >= 4 is 27.5 Å². The molecule has 2 heterocycles. The van der Waals surface area contributed by atoms with Crippen molar-refractivity contribution < 1.29 is 19.0 Å². The Morgan fingerprint density at radius 2 is 2.00 bits per heavy atom. The van der Waals surface area contributed by atoms with Crippen molar-refractivity contribution in [3.05, 3.63) is 48.0 Å². The first-order valence-corrected chi connectivity index (χ1v) is 10.6. The Bertz CT molecular complexity index is 995. The molecule has 0 unspecified atom stereocenters. The van der Waals surface area contributed by atoms with E-state index in [0.717, 1.165) is 28.8 Å². The SMILES string of the molecule is CCOc1ccccc1C(=O)N1CCC(Oc2nc3ccc(OC)cc3s2)CC1. The van der Waals surface area contributed by atoms with Gasteiger partial charge in [-0.05, 0) is 37.3 Å². The first kappa shape index (κ1) is 19.5. The molecule has 0 radical (unpaired) electrons. The van der Waals surface area contributed by atoms with Crippen molar-refractivity contribution in [3.8, 4) is 16.7 Å². The summed E-state index contributed by atoms with van der Waals surface area (Å²) in [4.78, 5) is 19.4. The molecule has 152 valence electrons. The highest BCUT2D eigenvalue weighted by Gasteiger charge is 2.27. The number of nitrogens with zero attached hydrogens (tertiary/aromatic N) is 2. The summed E-state index contributed by atoms with van der Waals surface area (Å²) in [7, 11) is 1.65. The van der Waals surface area contributed by atoms with Crippen molar-refractivity contribution in [1.82, 2.24) is 9.88 Å². The van der Waals surface area contributed by atoms with E-state index in [2.05, 4.69) is 4.98 Å². The van der Waals surface area contributed by atoms with Gasteiger partial charge in [0.25, 0.3) is 11.1 Å². The summed E-state index contributed by atoms with van der Waals surface area (Å²) >= 11 is 1.52. The van der Waals surface area contributed by atoms with E-state index < -0.39 is 0 Å². The summed E-state index contributed by atoms with van der Waals surface area (Å²) in [6.07, 6.45) is 1.62. The molecular formula is C22H24N2O4S. The van der Waals surface area contributed by atoms with Gasteiger partial charge >= 0.3 is 0 Å². The Labute approximate surface area is 174 Å². The molecule has 1 aliphatic heterocycles. The molecule has 7 heteroatoms. The lowest BCUT2D eigenvalue weighted by Crippen LogP contribution is -2.41. The third kappa shape index (κ3) is 4.29. The van der Waals surface area contributed by atoms with Gasteiger partial charge in [0.1, 0.15) is 17.6 Å². The van der Waals surface area contributed by atoms with Gasteiger partial charge in [-0.1, -0.05) is 23.5 Å². The van der Waals surface area contributed by atoms with E-state index >= 15 is 0 Å². The van der Waals surface area contributed by atoms with E-state index in [9.17, 15) is 4.79 Å². The fraction of sp³-hybridized carbons (Fsp3) is 0.364. The Kier molecular flexibility index (Phi) is 5.85. The number of ether oxygens (including phenoxy) is 3. The van der Waals surface area contributed by atoms with Crippen LogP contribution in [0.25, 0.3) is 10.2 Å². The molecule has 1 amide bonds. The number of methoxy groups -OCH3 is 1. The Hall–Kier alpha value is -2.80. The number of amides is 1. The average Bonchev–Trinajstić information content (AvgIpc) is 3.15. The first-order chi connectivity index (χ1) is 14.2. The molecule has 1 fully saturated rings. The topological polar surface area (TPSA) is 60.9 Å². The third-order valence-electron chi connectivity index (χ3n) is 4.99. The molecule has 1 saturated heterocycles. The number of thiazole rings is 1. The molecule has 29 heavy (non-hydrogen) atoms. The zero-order valence-corrected chi connectivity index (χ0v) is 17.4. The van der Waals surface area contributed by atoms with Gasteiger partial charge in [-0.3, -0.25) is 4.79 Å². The van der Waals surface area contributed by atoms with E-state index in [-0.39, 0.29) is 12.0 Å². The molecule has 2 aromatic carbocycles. The Morgan fingerprint density at radius 3 is 2.76 bits per heavy atom. The minimum Gasteiger partial charge on any atom is -0.497 e. The number of para-hydroxylation sites is 1. The standard InChI is InChI=1S/C22H24N2O4S/c1-3-27-19-7-5-4-6-17(19)21(25)24-12-10-15(11-13-24)28-22-23-18-9-8-16(26-2)14-20(18)29-22/h4-9,14-15H,3,10-13H2,1-2H3. The van der Waals surface area contributed by atoms with Gasteiger partial charge in [-0.2, -0.15) is 0 Å². The third-order valence-corrected chi connectivity index (χ3v) is 5.90. The number of fused-ring (bicyclic) bond motifs is 1. The van der Waals surface area contributed by atoms with Crippen LogP contribution in [0.1, 0.15) is 30.1 Å². The lowest BCUT2D eigenvalue weighted by atomic mass is 10.1. The normalized spacial score (nSPS) is 14.8. The van der Waals surface area contributed by atoms with Gasteiger partial charge < -0.3 is 19.1 Å². The fourth-order valence-corrected chi connectivity index (χ4v) is 4.39. The second kappa shape index (κ2) is 8.69. The van der Waals surface area contributed by atoms with Gasteiger partial charge in [0.15, 0.2) is 0 Å². The molecular weight excluding hydrogens is 388 g/mol. The lowest BCUT2D eigenvalue weighted by Gasteiger charge is -2.32. The molecule has 0 spiro atoms. The van der Waals surface area contributed by atoms with Crippen LogP contribution >= 0.6 is 11.3 Å². The summed E-state index contributed by atoms with van der Waals surface area (Å²) in [5.74, 6) is 1.47. The highest BCUT2D eigenvalue weighted by molar-refractivity contribution is 7.20. The van der Waals surface area contributed by atoms with E-state index in [1.165, 1.54) is 11.3 Å². The molecule has 1 aliphatic rings. The fourth-order valence-electron chi connectivity index (χ4n) is 3.48. The van der Waals surface area contributed by atoms with Crippen LogP contribution in [0.2, 0.25) is 0 Å². The quantitative estimate of drug-likeness (QED) is 0.601. The second-order valence-corrected chi connectivity index (χ2v) is 7.85. The van der Waals surface area contributed by atoms with Crippen molar-refractivity contribution in [2.75, 3.05) is 26.8 Å². The van der Waals surface area contributed by atoms with E-state index in [1.54, 1.807) is 7.11 Å². The zero-order valence-electron chi connectivity index (χ0n) is 16.6. The summed E-state index contributed by atoms with van der Waals surface area (Å²) in [6.45, 7) is 3.77. The smallest absolute Gasteiger partial charge is 0.274 e. The number of aromatic nitrogens is 1. The highest BCUT2D eigenvalue weighted by Crippen LogP contribution is 2.32. The van der Waals surface area contributed by atoms with Gasteiger partial charge in [0.2, 0.25) is 0 Å². The molecule has 0 bridgehead atoms. The molecule has 0 N–H and O–H groups in total. The van der Waals surface area contributed by atoms with E-state index in [1.807, 2.05) is 54.3 Å². The minimum absolute atomic E-state index is 0.0135. The van der Waals surface area contributed by atoms with Crippen LogP contribution in [0.5, 0.6) is 16.7 Å². The van der Waals surface area contributed by atoms with Crippen molar-refractivity contribution in [2.45, 2.75) is 25.9 Å². The number of carbonyl (C=O) groups is 1. The van der Waals surface area contributed by atoms with Crippen LogP contribution in [0.3, 0.4) is 0 Å². The molecule has 3 aromatic rings. The van der Waals surface area contributed by atoms with Crippen molar-refractivity contribution in [2.24, 2.45) is 0 Å². The van der Waals surface area contributed by atoms with Crippen LogP contribution < -0.4 is 14.2 Å². The van der Waals surface area contributed by atoms with Crippen molar-refractivity contribution in [1.29, 1.82) is 0 Å². The maximum absolute atomic E-state index is 12.9. The Morgan fingerprint density at radius 1 is 1.21 bits per heavy atom. The average molecular weight is 413 g/mol. The van der Waals surface area contributed by atoms with Crippen LogP contribution in [0.15, 0.2) is 42.5 Å². The number of carbonyl (C=O) groups excluding carboxylic acids is 1. The highest BCUT2D eigenvalue weighted by atomic mass is 32.1. The summed E-state index contributed by atoms with van der Waals surface area (Å²) in [5.41, 5.74) is 1.53. The van der Waals surface area contributed by atoms with Gasteiger partial charge in [0.05, 0.1) is 29.5 Å². The van der Waals surface area contributed by atoms with Crippen LogP contribution in [-0.2, 0) is 0 Å². The molecule has 1 aromatic heterocycles. The molecule has 0 aliphatic carbocycles. The maximum atomic E-state index is 12.9. The molecule has 0 saturated carbocycles. The summed E-state index contributed by atoms with van der Waals surface area (Å²) in [5, 5.41) is 0.666.